The number of ether oxygens (including phenoxy) is 1. The molecule has 98 valence electrons. The predicted octanol–water partition coefficient (Wildman–Crippen LogP) is 5.02. The van der Waals surface area contributed by atoms with E-state index < -0.39 is 0 Å². The van der Waals surface area contributed by atoms with Crippen molar-refractivity contribution >= 4 is 44.9 Å². The molecule has 0 aromatic heterocycles. The van der Waals surface area contributed by atoms with E-state index in [1.165, 1.54) is 0 Å². The molecule has 0 heterocycles. The lowest BCUT2D eigenvalue weighted by molar-refractivity contribution is 0.0921. The van der Waals surface area contributed by atoms with Gasteiger partial charge in [0.15, 0.2) is 6.61 Å². The van der Waals surface area contributed by atoms with Crippen LogP contribution in [0.4, 0.5) is 0 Å². The molecule has 0 fully saturated rings. The Bertz CT molecular complexity index is 614. The van der Waals surface area contributed by atoms with Gasteiger partial charge in [0.05, 0.1) is 10.0 Å². The van der Waals surface area contributed by atoms with E-state index in [4.69, 9.17) is 27.9 Å². The smallest absolute Gasteiger partial charge is 0.201 e. The molecule has 2 aromatic carbocycles. The molecule has 2 nitrogen and oxygen atoms in total. The first-order chi connectivity index (χ1) is 9.08. The minimum Gasteiger partial charge on any atom is -0.485 e. The number of carbonyl (C=O) groups excluding carboxylic acids is 1. The van der Waals surface area contributed by atoms with E-state index in [2.05, 4.69) is 15.9 Å². The highest BCUT2D eigenvalue weighted by Gasteiger charge is 2.10. The van der Waals surface area contributed by atoms with Crippen molar-refractivity contribution in [3.63, 3.8) is 0 Å². The van der Waals surface area contributed by atoms with Crippen molar-refractivity contribution in [1.82, 2.24) is 0 Å². The average molecular weight is 360 g/mol. The van der Waals surface area contributed by atoms with Crippen LogP contribution in [-0.2, 0) is 0 Å². The molecule has 0 atom stereocenters. The number of carbonyl (C=O) groups is 1. The van der Waals surface area contributed by atoms with Gasteiger partial charge in [-0.05, 0) is 18.2 Å². The van der Waals surface area contributed by atoms with E-state index in [-0.39, 0.29) is 12.4 Å². The van der Waals surface area contributed by atoms with Gasteiger partial charge in [-0.2, -0.15) is 0 Å². The first kappa shape index (κ1) is 14.4. The van der Waals surface area contributed by atoms with Crippen LogP contribution in [0.3, 0.4) is 0 Å². The number of ketones is 1. The summed E-state index contributed by atoms with van der Waals surface area (Å²) in [6.45, 7) is -0.0550. The number of hydrogen-bond acceptors (Lipinski definition) is 2. The third-order valence-corrected chi connectivity index (χ3v) is 3.87. The molecule has 19 heavy (non-hydrogen) atoms. The predicted molar refractivity (Wildman–Crippen MR) is 80.4 cm³/mol. The first-order valence-electron chi connectivity index (χ1n) is 5.43. The van der Waals surface area contributed by atoms with Crippen molar-refractivity contribution in [2.24, 2.45) is 0 Å². The molecular formula is C14H9BrCl2O2. The van der Waals surface area contributed by atoms with Crippen LogP contribution in [-0.4, -0.2) is 12.4 Å². The van der Waals surface area contributed by atoms with Gasteiger partial charge >= 0.3 is 0 Å². The molecule has 0 radical (unpaired) electrons. The zero-order valence-electron chi connectivity index (χ0n) is 9.70. The topological polar surface area (TPSA) is 26.3 Å². The molecular weight excluding hydrogens is 351 g/mol. The summed E-state index contributed by atoms with van der Waals surface area (Å²) in [6.07, 6.45) is 0. The standard InChI is InChI=1S/C14H9BrCl2O2/c15-11-4-2-1-3-10(11)14(18)8-19-9-5-6-12(16)13(17)7-9/h1-7H,8H2. The molecule has 0 saturated carbocycles. The van der Waals surface area contributed by atoms with Gasteiger partial charge in [0.2, 0.25) is 5.78 Å². The van der Waals surface area contributed by atoms with E-state index >= 15 is 0 Å². The molecule has 2 aromatic rings. The highest BCUT2D eigenvalue weighted by atomic mass is 79.9. The second kappa shape index (κ2) is 6.42. The lowest BCUT2D eigenvalue weighted by Crippen LogP contribution is -2.12. The largest absolute Gasteiger partial charge is 0.485 e. The second-order valence-electron chi connectivity index (χ2n) is 3.77. The number of rotatable bonds is 4. The summed E-state index contributed by atoms with van der Waals surface area (Å²) in [6, 6.07) is 12.1. The van der Waals surface area contributed by atoms with Gasteiger partial charge < -0.3 is 4.74 Å². The molecule has 0 spiro atoms. The maximum atomic E-state index is 12.0. The van der Waals surface area contributed by atoms with E-state index in [0.29, 0.717) is 21.4 Å². The maximum Gasteiger partial charge on any atom is 0.201 e. The monoisotopic (exact) mass is 358 g/mol. The van der Waals surface area contributed by atoms with E-state index in [9.17, 15) is 4.79 Å². The molecule has 0 aliphatic heterocycles. The van der Waals surface area contributed by atoms with Crippen LogP contribution in [0.2, 0.25) is 10.0 Å². The normalized spacial score (nSPS) is 10.3. The Morgan fingerprint density at radius 2 is 1.84 bits per heavy atom. The van der Waals surface area contributed by atoms with Crippen LogP contribution < -0.4 is 4.74 Å². The van der Waals surface area contributed by atoms with Crippen molar-refractivity contribution in [3.8, 4) is 5.75 Å². The SMILES string of the molecule is O=C(COc1ccc(Cl)c(Cl)c1)c1ccccc1Br. The molecule has 5 heteroatoms. The molecule has 0 bridgehead atoms. The van der Waals surface area contributed by atoms with Crippen molar-refractivity contribution in [3.05, 3.63) is 62.5 Å². The average Bonchev–Trinajstić information content (AvgIpc) is 2.40. The Labute approximate surface area is 129 Å². The molecule has 0 aliphatic rings. The first-order valence-corrected chi connectivity index (χ1v) is 6.98. The van der Waals surface area contributed by atoms with Crippen LogP contribution in [0.1, 0.15) is 10.4 Å². The number of Topliss-reactive ketones (excluding diaryl/α,β-unsaturated/α-hetero) is 1. The fourth-order valence-electron chi connectivity index (χ4n) is 1.48. The Morgan fingerprint density at radius 1 is 1.11 bits per heavy atom. The fraction of sp³-hybridized carbons (Fsp3) is 0.0714. The Hall–Kier alpha value is -1.03. The van der Waals surface area contributed by atoms with Crippen molar-refractivity contribution in [2.75, 3.05) is 6.61 Å². The van der Waals surface area contributed by atoms with Gasteiger partial charge in [-0.1, -0.05) is 57.3 Å². The zero-order chi connectivity index (χ0) is 13.8. The van der Waals surface area contributed by atoms with Crippen LogP contribution in [0, 0.1) is 0 Å². The van der Waals surface area contributed by atoms with Crippen molar-refractivity contribution in [2.45, 2.75) is 0 Å². The Balaban J connectivity index is 2.04. The van der Waals surface area contributed by atoms with E-state index in [0.717, 1.165) is 4.47 Å². The molecule has 0 amide bonds. The van der Waals surface area contributed by atoms with E-state index in [1.54, 1.807) is 30.3 Å². The summed E-state index contributed by atoms with van der Waals surface area (Å²) >= 11 is 15.0. The highest BCUT2D eigenvalue weighted by molar-refractivity contribution is 9.10. The van der Waals surface area contributed by atoms with Gasteiger partial charge in [-0.25, -0.2) is 0 Å². The Morgan fingerprint density at radius 3 is 2.53 bits per heavy atom. The van der Waals surface area contributed by atoms with Crippen LogP contribution in [0.5, 0.6) is 5.75 Å². The molecule has 2 rings (SSSR count). The van der Waals surface area contributed by atoms with Gasteiger partial charge in [0.25, 0.3) is 0 Å². The highest BCUT2D eigenvalue weighted by Crippen LogP contribution is 2.26. The zero-order valence-corrected chi connectivity index (χ0v) is 12.8. The van der Waals surface area contributed by atoms with E-state index in [1.807, 2.05) is 12.1 Å². The third kappa shape index (κ3) is 3.72. The quantitative estimate of drug-likeness (QED) is 0.716. The summed E-state index contributed by atoms with van der Waals surface area (Å²) in [5, 5.41) is 0.846. The van der Waals surface area contributed by atoms with Crippen LogP contribution in [0.25, 0.3) is 0 Å². The summed E-state index contributed by atoms with van der Waals surface area (Å²) in [7, 11) is 0. The molecule has 0 N–H and O–H groups in total. The van der Waals surface area contributed by atoms with Crippen molar-refractivity contribution in [1.29, 1.82) is 0 Å². The van der Waals surface area contributed by atoms with Crippen LogP contribution in [0.15, 0.2) is 46.9 Å². The lowest BCUT2D eigenvalue weighted by Gasteiger charge is -2.07. The van der Waals surface area contributed by atoms with Gasteiger partial charge in [0.1, 0.15) is 5.75 Å². The Kier molecular flexibility index (Phi) is 4.86. The summed E-state index contributed by atoms with van der Waals surface area (Å²) in [4.78, 5) is 12.0. The number of hydrogen-bond donors (Lipinski definition) is 0. The van der Waals surface area contributed by atoms with Crippen LogP contribution >= 0.6 is 39.1 Å². The number of halogens is 3. The summed E-state index contributed by atoms with van der Waals surface area (Å²) in [5.74, 6) is 0.397. The fourth-order valence-corrected chi connectivity index (χ4v) is 2.27. The summed E-state index contributed by atoms with van der Waals surface area (Å²) < 4.78 is 6.15. The number of benzene rings is 2. The van der Waals surface area contributed by atoms with Gasteiger partial charge in [0, 0.05) is 16.1 Å². The van der Waals surface area contributed by atoms with Gasteiger partial charge in [-0.3, -0.25) is 4.79 Å². The molecule has 0 saturated heterocycles. The van der Waals surface area contributed by atoms with Gasteiger partial charge in [-0.15, -0.1) is 0 Å². The minimum atomic E-state index is -0.112. The second-order valence-corrected chi connectivity index (χ2v) is 5.44. The third-order valence-electron chi connectivity index (χ3n) is 2.44. The minimum absolute atomic E-state index is 0.0550. The summed E-state index contributed by atoms with van der Waals surface area (Å²) in [5.41, 5.74) is 0.586. The maximum absolute atomic E-state index is 12.0. The molecule has 0 unspecified atom stereocenters. The van der Waals surface area contributed by atoms with Crippen molar-refractivity contribution < 1.29 is 9.53 Å². The molecule has 0 aliphatic carbocycles. The lowest BCUT2D eigenvalue weighted by atomic mass is 10.1.